The van der Waals surface area contributed by atoms with Crippen molar-refractivity contribution < 1.29 is 26.8 Å². The summed E-state index contributed by atoms with van der Waals surface area (Å²) in [5, 5.41) is 3.90. The van der Waals surface area contributed by atoms with Gasteiger partial charge >= 0.3 is 11.7 Å². The topological polar surface area (TPSA) is 146 Å². The molecule has 0 unspecified atom stereocenters. The van der Waals surface area contributed by atoms with Gasteiger partial charge < -0.3 is 19.4 Å². The Labute approximate surface area is 219 Å². The van der Waals surface area contributed by atoms with Crippen LogP contribution < -0.4 is 25.1 Å². The molecule has 38 heavy (non-hydrogen) atoms. The molecule has 0 atom stereocenters. The Bertz CT molecular complexity index is 1500. The van der Waals surface area contributed by atoms with Crippen molar-refractivity contribution in [3.63, 3.8) is 0 Å². The standard InChI is InChI=1S/C24H29FN6O6S/c1-26-38(34,35)29-22-21(25)15(6-7-28-22)12-18-19(14-31-10-8-27-9-11-31)17-5-4-16(36-24(33)30(2)3)13-20(17)37-23(18)32/h4-7,13,26-27H,8-12,14H2,1-3H3,(H,28,29). The van der Waals surface area contributed by atoms with Crippen LogP contribution in [0.4, 0.5) is 15.0 Å². The Morgan fingerprint density at radius 1 is 1.24 bits per heavy atom. The maximum atomic E-state index is 15.3. The van der Waals surface area contributed by atoms with E-state index in [1.54, 1.807) is 26.2 Å². The maximum Gasteiger partial charge on any atom is 0.414 e. The van der Waals surface area contributed by atoms with E-state index < -0.39 is 33.6 Å². The molecule has 1 fully saturated rings. The first kappa shape index (κ1) is 27.4. The minimum atomic E-state index is -4.00. The zero-order valence-electron chi connectivity index (χ0n) is 21.2. The number of carbonyl (C=O) groups excluding carboxylic acids is 1. The van der Waals surface area contributed by atoms with Crippen LogP contribution in [0.3, 0.4) is 0 Å². The number of hydrogen-bond donors (Lipinski definition) is 3. The molecule has 1 saturated heterocycles. The van der Waals surface area contributed by atoms with E-state index in [-0.39, 0.29) is 28.9 Å². The van der Waals surface area contributed by atoms with Gasteiger partial charge in [0, 0.05) is 83.5 Å². The molecule has 3 heterocycles. The Kier molecular flexibility index (Phi) is 8.26. The summed E-state index contributed by atoms with van der Waals surface area (Å²) >= 11 is 0. The van der Waals surface area contributed by atoms with Gasteiger partial charge in [0.25, 0.3) is 10.2 Å². The van der Waals surface area contributed by atoms with E-state index >= 15 is 4.39 Å². The number of piperazine rings is 1. The third-order valence-electron chi connectivity index (χ3n) is 6.09. The molecule has 2 aromatic heterocycles. The Morgan fingerprint density at radius 3 is 2.66 bits per heavy atom. The van der Waals surface area contributed by atoms with Crippen molar-refractivity contribution in [3.8, 4) is 5.75 Å². The number of benzene rings is 1. The van der Waals surface area contributed by atoms with E-state index in [1.165, 1.54) is 30.3 Å². The van der Waals surface area contributed by atoms with Crippen molar-refractivity contribution in [2.45, 2.75) is 13.0 Å². The summed E-state index contributed by atoms with van der Waals surface area (Å²) in [6.45, 7) is 3.47. The normalized spacial score (nSPS) is 14.4. The van der Waals surface area contributed by atoms with Gasteiger partial charge in [-0.3, -0.25) is 9.62 Å². The predicted molar refractivity (Wildman–Crippen MR) is 139 cm³/mol. The van der Waals surface area contributed by atoms with Gasteiger partial charge in [-0.1, -0.05) is 0 Å². The second-order valence-corrected chi connectivity index (χ2v) is 10.5. The van der Waals surface area contributed by atoms with Crippen LogP contribution in [-0.4, -0.2) is 76.6 Å². The quantitative estimate of drug-likeness (QED) is 0.354. The molecule has 0 spiro atoms. The van der Waals surface area contributed by atoms with E-state index in [2.05, 4.69) is 15.2 Å². The van der Waals surface area contributed by atoms with Gasteiger partial charge in [-0.2, -0.15) is 8.42 Å². The van der Waals surface area contributed by atoms with E-state index in [1.807, 2.05) is 9.44 Å². The van der Waals surface area contributed by atoms with Crippen molar-refractivity contribution in [1.82, 2.24) is 24.8 Å². The van der Waals surface area contributed by atoms with Crippen molar-refractivity contribution in [2.24, 2.45) is 0 Å². The first-order valence-corrected chi connectivity index (χ1v) is 13.3. The molecule has 0 bridgehead atoms. The number of aromatic nitrogens is 1. The molecule has 204 valence electrons. The number of pyridine rings is 1. The highest BCUT2D eigenvalue weighted by atomic mass is 32.2. The fourth-order valence-corrected chi connectivity index (χ4v) is 4.55. The highest BCUT2D eigenvalue weighted by Gasteiger charge is 2.22. The van der Waals surface area contributed by atoms with Crippen LogP contribution in [0.5, 0.6) is 5.75 Å². The monoisotopic (exact) mass is 548 g/mol. The summed E-state index contributed by atoms with van der Waals surface area (Å²) < 4.78 is 54.0. The number of carbonyl (C=O) groups is 1. The van der Waals surface area contributed by atoms with Gasteiger partial charge in [-0.05, 0) is 29.3 Å². The van der Waals surface area contributed by atoms with Crippen molar-refractivity contribution >= 4 is 33.1 Å². The summed E-state index contributed by atoms with van der Waals surface area (Å²) in [5.41, 5.74) is 0.509. The smallest absolute Gasteiger partial charge is 0.414 e. The van der Waals surface area contributed by atoms with Crippen LogP contribution in [0.25, 0.3) is 11.0 Å². The molecule has 1 aromatic carbocycles. The molecule has 1 aliphatic heterocycles. The van der Waals surface area contributed by atoms with Crippen LogP contribution in [0, 0.1) is 5.82 Å². The number of fused-ring (bicyclic) bond motifs is 1. The molecule has 1 amide bonds. The first-order valence-electron chi connectivity index (χ1n) is 11.8. The molecule has 4 rings (SSSR count). The van der Waals surface area contributed by atoms with Crippen LogP contribution >= 0.6 is 0 Å². The minimum Gasteiger partial charge on any atom is -0.422 e. The van der Waals surface area contributed by atoms with Crippen molar-refractivity contribution in [3.05, 3.63) is 63.4 Å². The second-order valence-electron chi connectivity index (χ2n) is 8.91. The fraction of sp³-hybridized carbons (Fsp3) is 0.375. The lowest BCUT2D eigenvalue weighted by molar-refractivity contribution is 0.172. The van der Waals surface area contributed by atoms with Gasteiger partial charge in [0.1, 0.15) is 11.3 Å². The molecule has 14 heteroatoms. The number of halogens is 1. The molecule has 3 N–H and O–H groups in total. The Hall–Kier alpha value is -3.59. The number of anilines is 1. The Balaban J connectivity index is 1.78. The van der Waals surface area contributed by atoms with Crippen LogP contribution in [0.15, 0.2) is 39.7 Å². The van der Waals surface area contributed by atoms with Gasteiger partial charge in [0.05, 0.1) is 0 Å². The molecule has 0 saturated carbocycles. The third kappa shape index (κ3) is 6.27. The summed E-state index contributed by atoms with van der Waals surface area (Å²) in [6, 6.07) is 6.16. The molecular weight excluding hydrogens is 519 g/mol. The second kappa shape index (κ2) is 11.4. The van der Waals surface area contributed by atoms with E-state index in [0.29, 0.717) is 17.5 Å². The number of nitrogens with zero attached hydrogens (tertiary/aromatic N) is 3. The Morgan fingerprint density at radius 2 is 1.97 bits per heavy atom. The number of rotatable bonds is 8. The molecule has 3 aromatic rings. The summed E-state index contributed by atoms with van der Waals surface area (Å²) in [7, 11) is 0.279. The zero-order valence-corrected chi connectivity index (χ0v) is 22.0. The lowest BCUT2D eigenvalue weighted by Crippen LogP contribution is -2.43. The van der Waals surface area contributed by atoms with Crippen molar-refractivity contribution in [2.75, 3.05) is 52.0 Å². The molecular formula is C24H29FN6O6S. The van der Waals surface area contributed by atoms with E-state index in [9.17, 15) is 18.0 Å². The lowest BCUT2D eigenvalue weighted by Gasteiger charge is -2.28. The number of hydrogen-bond acceptors (Lipinski definition) is 9. The fourth-order valence-electron chi connectivity index (χ4n) is 4.05. The minimum absolute atomic E-state index is 0.0681. The third-order valence-corrected chi connectivity index (χ3v) is 7.09. The van der Waals surface area contributed by atoms with E-state index in [4.69, 9.17) is 9.15 Å². The molecule has 12 nitrogen and oxygen atoms in total. The van der Waals surface area contributed by atoms with E-state index in [0.717, 1.165) is 26.2 Å². The maximum absolute atomic E-state index is 15.3. The van der Waals surface area contributed by atoms with Gasteiger partial charge in [0.15, 0.2) is 11.6 Å². The molecule has 0 aliphatic carbocycles. The summed E-state index contributed by atoms with van der Waals surface area (Å²) in [5.74, 6) is -1.18. The number of ether oxygens (including phenoxy) is 1. The molecule has 0 radical (unpaired) electrons. The highest BCUT2D eigenvalue weighted by molar-refractivity contribution is 7.90. The van der Waals surface area contributed by atoms with Gasteiger partial charge in [-0.15, -0.1) is 0 Å². The van der Waals surface area contributed by atoms with Gasteiger partial charge in [-0.25, -0.2) is 23.7 Å². The number of nitrogens with one attached hydrogen (secondary N) is 3. The summed E-state index contributed by atoms with van der Waals surface area (Å²) in [4.78, 5) is 32.4. The highest BCUT2D eigenvalue weighted by Crippen LogP contribution is 2.28. The lowest BCUT2D eigenvalue weighted by atomic mass is 9.98. The molecule has 1 aliphatic rings. The SMILES string of the molecule is CNS(=O)(=O)Nc1nccc(Cc2c(CN3CCNCC3)c3ccc(OC(=O)N(C)C)cc3oc2=O)c1F. The van der Waals surface area contributed by atoms with Crippen LogP contribution in [-0.2, 0) is 23.2 Å². The summed E-state index contributed by atoms with van der Waals surface area (Å²) in [6.07, 6.45) is 0.526. The van der Waals surface area contributed by atoms with Crippen LogP contribution in [0.1, 0.15) is 16.7 Å². The zero-order chi connectivity index (χ0) is 27.4. The van der Waals surface area contributed by atoms with Crippen molar-refractivity contribution in [1.29, 1.82) is 0 Å². The number of amides is 1. The average Bonchev–Trinajstić information content (AvgIpc) is 2.88. The van der Waals surface area contributed by atoms with Crippen LogP contribution in [0.2, 0.25) is 0 Å². The predicted octanol–water partition coefficient (Wildman–Crippen LogP) is 1.26. The van der Waals surface area contributed by atoms with Gasteiger partial charge in [0.2, 0.25) is 0 Å². The average molecular weight is 549 g/mol. The first-order chi connectivity index (χ1) is 18.1. The largest absolute Gasteiger partial charge is 0.422 e.